The summed E-state index contributed by atoms with van der Waals surface area (Å²) < 4.78 is 9.38. The van der Waals surface area contributed by atoms with Crippen LogP contribution in [0.25, 0.3) is 0 Å². The van der Waals surface area contributed by atoms with Gasteiger partial charge < -0.3 is 9.47 Å². The molecule has 0 radical (unpaired) electrons. The highest BCUT2D eigenvalue weighted by Gasteiger charge is 2.25. The smallest absolute Gasteiger partial charge is 0.322 e. The molecule has 0 aromatic heterocycles. The zero-order valence-electron chi connectivity index (χ0n) is 23.3. The van der Waals surface area contributed by atoms with E-state index in [1.165, 1.54) is 88.6 Å². The van der Waals surface area contributed by atoms with Crippen LogP contribution in [0.2, 0.25) is 0 Å². The third kappa shape index (κ3) is 24.9. The average Bonchev–Trinajstić information content (AvgIpc) is 2.80. The molecule has 0 amide bonds. The first-order valence-electron chi connectivity index (χ1n) is 14.0. The van der Waals surface area contributed by atoms with Crippen molar-refractivity contribution >= 4 is 65.4 Å². The quantitative estimate of drug-likeness (QED) is 0.0415. The minimum atomic E-state index is -0.572. The van der Waals surface area contributed by atoms with E-state index in [9.17, 15) is 9.59 Å². The van der Waals surface area contributed by atoms with E-state index in [4.69, 9.17) is 9.47 Å². The van der Waals surface area contributed by atoms with Gasteiger partial charge in [-0.05, 0) is 53.4 Å². The Morgan fingerprint density at radius 1 is 0.500 bits per heavy atom. The number of hydrogen-bond donors (Lipinski definition) is 0. The second kappa shape index (κ2) is 23.5. The highest BCUT2D eigenvalue weighted by molar-refractivity contribution is 9.10. The molecule has 0 aliphatic heterocycles. The second-order valence-electron chi connectivity index (χ2n) is 10.5. The van der Waals surface area contributed by atoms with Gasteiger partial charge in [0.05, 0.1) is 13.2 Å². The molecule has 0 heterocycles. The van der Waals surface area contributed by atoms with Gasteiger partial charge in [-0.25, -0.2) is 0 Å². The summed E-state index contributed by atoms with van der Waals surface area (Å²) in [6.45, 7) is 8.35. The highest BCUT2D eigenvalue weighted by atomic mass is 79.9. The molecule has 0 saturated carbocycles. The molecule has 0 aromatic rings. The number of unbranched alkanes of at least 4 members (excludes halogenated alkanes) is 14. The fourth-order valence-corrected chi connectivity index (χ4v) is 5.96. The number of carbonyl (C=O) groups excluding carboxylic acids is 2. The van der Waals surface area contributed by atoms with E-state index in [0.29, 0.717) is 13.2 Å². The Balaban J connectivity index is 3.17. The zero-order valence-corrected chi connectivity index (χ0v) is 28.2. The maximum Gasteiger partial charge on any atom is 0.322 e. The van der Waals surface area contributed by atoms with E-state index >= 15 is 0 Å². The van der Waals surface area contributed by atoms with Crippen LogP contribution in [-0.2, 0) is 19.1 Å². The summed E-state index contributed by atoms with van der Waals surface area (Å²) in [5, 5.41) is 0. The van der Waals surface area contributed by atoms with Crippen LogP contribution in [0.1, 0.15) is 130 Å². The minimum Gasteiger partial charge on any atom is -0.465 e. The first-order valence-corrected chi connectivity index (χ1v) is 18.1. The predicted molar refractivity (Wildman–Crippen MR) is 167 cm³/mol. The van der Waals surface area contributed by atoms with Gasteiger partial charge in [-0.15, -0.1) is 0 Å². The summed E-state index contributed by atoms with van der Waals surface area (Å²) >= 11 is 6.65. The number of ether oxygens (including phenoxy) is 2. The first kappa shape index (κ1) is 36.6. The van der Waals surface area contributed by atoms with Crippen LogP contribution in [0.3, 0.4) is 0 Å². The number of esters is 2. The van der Waals surface area contributed by atoms with Gasteiger partial charge in [-0.1, -0.05) is 130 Å². The van der Waals surface area contributed by atoms with E-state index in [1.807, 2.05) is 27.7 Å². The topological polar surface area (TPSA) is 52.6 Å². The molecule has 0 spiro atoms. The van der Waals surface area contributed by atoms with Crippen molar-refractivity contribution in [3.8, 4) is 0 Å². The Morgan fingerprint density at radius 2 is 0.750 bits per heavy atom. The van der Waals surface area contributed by atoms with Crippen LogP contribution >= 0.6 is 53.4 Å². The second-order valence-corrected chi connectivity index (χ2v) is 17.2. The van der Waals surface area contributed by atoms with Crippen LogP contribution in [0.5, 0.6) is 0 Å². The van der Waals surface area contributed by atoms with Crippen molar-refractivity contribution in [2.75, 3.05) is 24.7 Å². The van der Waals surface area contributed by atoms with Gasteiger partial charge in [0.15, 0.2) is 0 Å². The average molecular weight is 677 g/mol. The maximum atomic E-state index is 11.6. The van der Waals surface area contributed by atoms with Gasteiger partial charge in [0.1, 0.15) is 8.65 Å². The number of carbonyl (C=O) groups is 2. The zero-order chi connectivity index (χ0) is 27.1. The molecule has 0 rings (SSSR count). The fraction of sp³-hybridized carbons (Fsp3) is 0.929. The number of halogens is 2. The number of rotatable bonds is 25. The standard InChI is InChI=1S/C28H52Br2O4S2/c1-27(2,29)25(31)33-21-17-13-9-5-7-11-15-19-23-35-36-24-20-16-12-8-6-10-14-18-22-34-26(32)28(3,4)30/h5-24H2,1-4H3. The van der Waals surface area contributed by atoms with Crippen molar-refractivity contribution in [1.29, 1.82) is 0 Å². The van der Waals surface area contributed by atoms with E-state index in [0.717, 1.165) is 25.7 Å². The molecule has 0 unspecified atom stereocenters. The van der Waals surface area contributed by atoms with Gasteiger partial charge in [0.25, 0.3) is 0 Å². The third-order valence-electron chi connectivity index (χ3n) is 5.76. The summed E-state index contributed by atoms with van der Waals surface area (Å²) in [6, 6.07) is 0. The molecule has 0 saturated heterocycles. The van der Waals surface area contributed by atoms with E-state index < -0.39 is 8.65 Å². The third-order valence-corrected chi connectivity index (χ3v) is 8.99. The van der Waals surface area contributed by atoms with Gasteiger partial charge >= 0.3 is 11.9 Å². The highest BCUT2D eigenvalue weighted by Crippen LogP contribution is 2.25. The van der Waals surface area contributed by atoms with Gasteiger partial charge in [0, 0.05) is 11.5 Å². The lowest BCUT2D eigenvalue weighted by atomic mass is 10.1. The van der Waals surface area contributed by atoms with Crippen LogP contribution in [-0.4, -0.2) is 45.3 Å². The molecule has 4 nitrogen and oxygen atoms in total. The summed E-state index contributed by atoms with van der Waals surface area (Å²) in [5.74, 6) is 2.22. The summed E-state index contributed by atoms with van der Waals surface area (Å²) in [7, 11) is 4.10. The number of alkyl halides is 2. The van der Waals surface area contributed by atoms with Gasteiger partial charge in [-0.3, -0.25) is 9.59 Å². The molecule has 0 aliphatic rings. The van der Waals surface area contributed by atoms with Crippen molar-refractivity contribution in [2.24, 2.45) is 0 Å². The van der Waals surface area contributed by atoms with Gasteiger partial charge in [0.2, 0.25) is 0 Å². The van der Waals surface area contributed by atoms with E-state index in [1.54, 1.807) is 0 Å². The summed E-state index contributed by atoms with van der Waals surface area (Å²) in [4.78, 5) is 23.3. The van der Waals surface area contributed by atoms with Crippen LogP contribution in [0.15, 0.2) is 0 Å². The lowest BCUT2D eigenvalue weighted by Gasteiger charge is -2.14. The number of hydrogen-bond acceptors (Lipinski definition) is 6. The molecule has 0 aromatic carbocycles. The van der Waals surface area contributed by atoms with Crippen LogP contribution < -0.4 is 0 Å². The molecule has 0 fully saturated rings. The van der Waals surface area contributed by atoms with Crippen molar-refractivity contribution in [1.82, 2.24) is 0 Å². The Labute approximate surface area is 247 Å². The minimum absolute atomic E-state index is 0.172. The maximum absolute atomic E-state index is 11.6. The molecule has 0 atom stereocenters. The summed E-state index contributed by atoms with van der Waals surface area (Å²) in [5.41, 5.74) is 0. The molecule has 214 valence electrons. The molecular weight excluding hydrogens is 624 g/mol. The van der Waals surface area contributed by atoms with Crippen molar-refractivity contribution in [2.45, 2.75) is 139 Å². The Morgan fingerprint density at radius 3 is 1.03 bits per heavy atom. The largest absolute Gasteiger partial charge is 0.465 e. The molecule has 0 aliphatic carbocycles. The molecule has 0 N–H and O–H groups in total. The Bertz CT molecular complexity index is 501. The van der Waals surface area contributed by atoms with Gasteiger partial charge in [-0.2, -0.15) is 0 Å². The monoisotopic (exact) mass is 674 g/mol. The molecule has 36 heavy (non-hydrogen) atoms. The summed E-state index contributed by atoms with van der Waals surface area (Å²) in [6.07, 6.45) is 20.0. The van der Waals surface area contributed by atoms with Crippen molar-refractivity contribution in [3.05, 3.63) is 0 Å². The Hall–Kier alpha value is 0.600. The normalized spacial score (nSPS) is 12.1. The lowest BCUT2D eigenvalue weighted by molar-refractivity contribution is -0.146. The van der Waals surface area contributed by atoms with Crippen molar-refractivity contribution < 1.29 is 19.1 Å². The van der Waals surface area contributed by atoms with Crippen LogP contribution in [0, 0.1) is 0 Å². The Kier molecular flexibility index (Phi) is 23.9. The predicted octanol–water partition coefficient (Wildman–Crippen LogP) is 10.0. The fourth-order valence-electron chi connectivity index (χ4n) is 3.44. The lowest BCUT2D eigenvalue weighted by Crippen LogP contribution is -2.26. The first-order chi connectivity index (χ1) is 17.0. The molecule has 0 bridgehead atoms. The SMILES string of the molecule is CC(C)(Br)C(=O)OCCCCCCCCCCSSCCCCCCCCCCOC(=O)C(C)(C)Br. The van der Waals surface area contributed by atoms with Crippen LogP contribution in [0.4, 0.5) is 0 Å². The van der Waals surface area contributed by atoms with E-state index in [-0.39, 0.29) is 11.9 Å². The van der Waals surface area contributed by atoms with Crippen molar-refractivity contribution in [3.63, 3.8) is 0 Å². The van der Waals surface area contributed by atoms with E-state index in [2.05, 4.69) is 53.4 Å². The molecule has 8 heteroatoms. The molecular formula is C28H52Br2O4S2.